The highest BCUT2D eigenvalue weighted by Gasteiger charge is 2.46. The third kappa shape index (κ3) is 1.64. The van der Waals surface area contributed by atoms with Crippen molar-refractivity contribution in [3.8, 4) is 0 Å². The van der Waals surface area contributed by atoms with Crippen molar-refractivity contribution in [2.24, 2.45) is 0 Å². The van der Waals surface area contributed by atoms with Gasteiger partial charge in [0, 0.05) is 6.20 Å². The molecule has 0 fully saturated rings. The Labute approximate surface area is 115 Å². The molecule has 3 rings (SSSR count). The normalized spacial score (nSPS) is 29.9. The predicted molar refractivity (Wildman–Crippen MR) is 72.8 cm³/mol. The number of aliphatic hydroxyl groups is 3. The Morgan fingerprint density at radius 3 is 2.85 bits per heavy atom. The zero-order valence-electron chi connectivity index (χ0n) is 10.9. The Balaban J connectivity index is 2.16. The molecule has 3 atom stereocenters. The van der Waals surface area contributed by atoms with E-state index >= 15 is 0 Å². The van der Waals surface area contributed by atoms with Gasteiger partial charge in [-0.3, -0.25) is 0 Å². The van der Waals surface area contributed by atoms with Gasteiger partial charge in [-0.05, 0) is 18.6 Å². The maximum atomic E-state index is 10.5. The fraction of sp³-hybridized carbons (Fsp3) is 0.385. The highest BCUT2D eigenvalue weighted by atomic mass is 16.3. The monoisotopic (exact) mass is 276 g/mol. The predicted octanol–water partition coefficient (Wildman–Crippen LogP) is -0.401. The van der Waals surface area contributed by atoms with E-state index in [1.165, 1.54) is 13.3 Å². The number of anilines is 1. The fourth-order valence-corrected chi connectivity index (χ4v) is 2.72. The summed E-state index contributed by atoms with van der Waals surface area (Å²) in [5.74, 6) is 0.360. The lowest BCUT2D eigenvalue weighted by Gasteiger charge is -2.30. The van der Waals surface area contributed by atoms with Gasteiger partial charge in [-0.15, -0.1) is 0 Å². The molecule has 0 unspecified atom stereocenters. The zero-order valence-corrected chi connectivity index (χ0v) is 10.9. The first kappa shape index (κ1) is 13.0. The van der Waals surface area contributed by atoms with Crippen molar-refractivity contribution in [3.63, 3.8) is 0 Å². The van der Waals surface area contributed by atoms with Crippen LogP contribution in [0, 0.1) is 0 Å². The molecule has 0 saturated carbocycles. The second-order valence-corrected chi connectivity index (χ2v) is 5.19. The molecule has 0 amide bonds. The van der Waals surface area contributed by atoms with E-state index < -0.39 is 17.7 Å². The van der Waals surface area contributed by atoms with Gasteiger partial charge in [0.15, 0.2) is 0 Å². The van der Waals surface area contributed by atoms with E-state index in [0.29, 0.717) is 22.4 Å². The molecule has 2 aromatic heterocycles. The average molecular weight is 276 g/mol. The molecular weight excluding hydrogens is 260 g/mol. The van der Waals surface area contributed by atoms with Gasteiger partial charge in [-0.25, -0.2) is 9.97 Å². The van der Waals surface area contributed by atoms with Gasteiger partial charge >= 0.3 is 0 Å². The van der Waals surface area contributed by atoms with Crippen LogP contribution in [0.25, 0.3) is 11.0 Å². The highest BCUT2D eigenvalue weighted by molar-refractivity contribution is 5.86. The van der Waals surface area contributed by atoms with Crippen LogP contribution >= 0.6 is 0 Å². The number of nitrogen functional groups attached to an aromatic ring is 1. The Morgan fingerprint density at radius 1 is 1.45 bits per heavy atom. The number of nitrogens with two attached hydrogens (primary N) is 1. The molecule has 1 aliphatic carbocycles. The van der Waals surface area contributed by atoms with E-state index in [-0.39, 0.29) is 6.61 Å². The number of aliphatic hydroxyl groups excluding tert-OH is 2. The molecule has 7 heteroatoms. The van der Waals surface area contributed by atoms with E-state index in [0.717, 1.165) is 0 Å². The number of aromatic nitrogens is 3. The Morgan fingerprint density at radius 2 is 2.20 bits per heavy atom. The molecular formula is C13H16N4O3. The first-order chi connectivity index (χ1) is 9.46. The number of hydrogen-bond acceptors (Lipinski definition) is 6. The number of nitrogens with zero attached hydrogens (tertiary/aromatic N) is 3. The van der Waals surface area contributed by atoms with Crippen LogP contribution < -0.4 is 5.73 Å². The molecule has 0 spiro atoms. The second kappa shape index (κ2) is 4.27. The quantitative estimate of drug-likeness (QED) is 0.554. The summed E-state index contributed by atoms with van der Waals surface area (Å²) in [5.41, 5.74) is 5.32. The molecule has 106 valence electrons. The van der Waals surface area contributed by atoms with Crippen LogP contribution in [0.2, 0.25) is 0 Å². The van der Waals surface area contributed by atoms with Gasteiger partial charge in [0.2, 0.25) is 0 Å². The number of fused-ring (bicyclic) bond motifs is 1. The zero-order chi connectivity index (χ0) is 14.5. The summed E-state index contributed by atoms with van der Waals surface area (Å²) in [6, 6.07) is 1.23. The lowest BCUT2D eigenvalue weighted by Crippen LogP contribution is -2.42. The molecule has 2 heterocycles. The second-order valence-electron chi connectivity index (χ2n) is 5.19. The molecule has 0 aliphatic heterocycles. The number of rotatable bonds is 2. The first-order valence-corrected chi connectivity index (χ1v) is 6.25. The molecule has 0 radical (unpaired) electrons. The first-order valence-electron chi connectivity index (χ1n) is 6.25. The number of hydrogen-bond donors (Lipinski definition) is 4. The van der Waals surface area contributed by atoms with Crippen LogP contribution in [0.3, 0.4) is 0 Å². The highest BCUT2D eigenvalue weighted by Crippen LogP contribution is 2.39. The van der Waals surface area contributed by atoms with Crippen molar-refractivity contribution < 1.29 is 15.3 Å². The smallest absolute Gasteiger partial charge is 0.146 e. The minimum absolute atomic E-state index is 0.301. The van der Waals surface area contributed by atoms with E-state index in [1.54, 1.807) is 22.9 Å². The minimum atomic E-state index is -1.43. The van der Waals surface area contributed by atoms with Crippen molar-refractivity contribution in [1.82, 2.24) is 14.5 Å². The standard InChI is InChI=1S/C13H16N4O3/c1-13(20)9(4-7(5-18)10(13)19)17-3-2-8-11(14)15-6-16-12(8)17/h2-4,6,9-10,18-20H,5H2,1H3,(H2,14,15,16)/t9-,10-,13+/m1/s1. The third-order valence-electron chi connectivity index (χ3n) is 3.90. The largest absolute Gasteiger partial charge is 0.392 e. The Bertz CT molecular complexity index is 692. The van der Waals surface area contributed by atoms with Gasteiger partial charge in [0.05, 0.1) is 18.0 Å². The van der Waals surface area contributed by atoms with Gasteiger partial charge in [0.1, 0.15) is 29.5 Å². The lowest BCUT2D eigenvalue weighted by atomic mass is 9.95. The summed E-state index contributed by atoms with van der Waals surface area (Å²) in [6.07, 6.45) is 3.63. The molecule has 2 aromatic rings. The molecule has 0 saturated heterocycles. The summed E-state index contributed by atoms with van der Waals surface area (Å²) in [5, 5.41) is 30.5. The molecule has 0 bridgehead atoms. The summed E-state index contributed by atoms with van der Waals surface area (Å²) in [6.45, 7) is 1.22. The van der Waals surface area contributed by atoms with E-state index in [1.807, 2.05) is 0 Å². The summed E-state index contributed by atoms with van der Waals surface area (Å²) in [4.78, 5) is 8.09. The van der Waals surface area contributed by atoms with E-state index in [2.05, 4.69) is 9.97 Å². The van der Waals surface area contributed by atoms with Crippen LogP contribution in [-0.4, -0.2) is 48.2 Å². The molecule has 0 aromatic carbocycles. The van der Waals surface area contributed by atoms with Gasteiger partial charge < -0.3 is 25.6 Å². The minimum Gasteiger partial charge on any atom is -0.392 e. The van der Waals surface area contributed by atoms with Crippen LogP contribution in [0.1, 0.15) is 13.0 Å². The summed E-state index contributed by atoms with van der Waals surface area (Å²) >= 11 is 0. The van der Waals surface area contributed by atoms with Crippen molar-refractivity contribution in [2.45, 2.75) is 24.7 Å². The van der Waals surface area contributed by atoms with Crippen molar-refractivity contribution >= 4 is 16.9 Å². The van der Waals surface area contributed by atoms with Crippen molar-refractivity contribution in [3.05, 3.63) is 30.2 Å². The van der Waals surface area contributed by atoms with Gasteiger partial charge in [-0.2, -0.15) is 0 Å². The topological polar surface area (TPSA) is 117 Å². The van der Waals surface area contributed by atoms with Crippen LogP contribution in [0.5, 0.6) is 0 Å². The Hall–Kier alpha value is -1.96. The molecule has 1 aliphatic rings. The van der Waals surface area contributed by atoms with Crippen molar-refractivity contribution in [1.29, 1.82) is 0 Å². The van der Waals surface area contributed by atoms with E-state index in [9.17, 15) is 15.3 Å². The van der Waals surface area contributed by atoms with Gasteiger partial charge in [0.25, 0.3) is 0 Å². The SMILES string of the molecule is C[C@@]1(O)[C@H](O)C(CO)=C[C@H]1n1ccc2c(N)ncnc21. The van der Waals surface area contributed by atoms with Crippen LogP contribution in [-0.2, 0) is 0 Å². The van der Waals surface area contributed by atoms with E-state index in [4.69, 9.17) is 5.73 Å². The van der Waals surface area contributed by atoms with Gasteiger partial charge in [-0.1, -0.05) is 6.08 Å². The molecule has 7 nitrogen and oxygen atoms in total. The lowest BCUT2D eigenvalue weighted by molar-refractivity contribution is -0.0566. The Kier molecular flexibility index (Phi) is 2.79. The maximum absolute atomic E-state index is 10.5. The molecule has 5 N–H and O–H groups in total. The maximum Gasteiger partial charge on any atom is 0.146 e. The van der Waals surface area contributed by atoms with Crippen LogP contribution in [0.4, 0.5) is 5.82 Å². The third-order valence-corrected chi connectivity index (χ3v) is 3.90. The fourth-order valence-electron chi connectivity index (χ4n) is 2.72. The van der Waals surface area contributed by atoms with Crippen molar-refractivity contribution in [2.75, 3.05) is 12.3 Å². The average Bonchev–Trinajstić information content (AvgIpc) is 2.92. The summed E-state index contributed by atoms with van der Waals surface area (Å²) in [7, 11) is 0. The van der Waals surface area contributed by atoms with Crippen LogP contribution in [0.15, 0.2) is 30.2 Å². The summed E-state index contributed by atoms with van der Waals surface area (Å²) < 4.78 is 1.72. The molecule has 20 heavy (non-hydrogen) atoms.